The lowest BCUT2D eigenvalue weighted by atomic mass is 9.49. The number of fused-ring (bicyclic) bond motifs is 2. The highest BCUT2D eigenvalue weighted by atomic mass is 16.3. The highest BCUT2D eigenvalue weighted by Gasteiger charge is 2.72. The molecule has 0 heterocycles. The van der Waals surface area contributed by atoms with E-state index in [0.717, 1.165) is 0 Å². The Hall–Kier alpha value is -2.56. The summed E-state index contributed by atoms with van der Waals surface area (Å²) in [5, 5.41) is 22.9. The summed E-state index contributed by atoms with van der Waals surface area (Å²) in [5.74, 6) is -13.2. The Kier molecular flexibility index (Phi) is 6.33. The quantitative estimate of drug-likeness (QED) is 0.328. The predicted octanol–water partition coefficient (Wildman–Crippen LogP) is -1.40. The molecule has 0 aromatic rings. The maximum Gasteiger partial charge on any atom is 0.235 e. The molecule has 3 rings (SSSR count). The molecule has 180 valence electrons. The topological polar surface area (TPSA) is 172 Å². The van der Waals surface area contributed by atoms with Gasteiger partial charge in [0, 0.05) is 12.3 Å². The molecule has 2 fully saturated rings. The van der Waals surface area contributed by atoms with Gasteiger partial charge in [-0.2, -0.15) is 0 Å². The Morgan fingerprint density at radius 3 is 2.18 bits per heavy atom. The molecule has 0 spiro atoms. The van der Waals surface area contributed by atoms with Gasteiger partial charge < -0.3 is 15.9 Å². The van der Waals surface area contributed by atoms with Crippen molar-refractivity contribution in [2.75, 3.05) is 14.1 Å². The van der Waals surface area contributed by atoms with Crippen LogP contribution in [0.2, 0.25) is 0 Å². The monoisotopic (exact) mass is 462 g/mol. The minimum absolute atomic E-state index is 0.0754. The van der Waals surface area contributed by atoms with Crippen molar-refractivity contribution in [3.63, 3.8) is 0 Å². The number of ketones is 5. The molecule has 8 unspecified atom stereocenters. The molecule has 0 aliphatic heterocycles. The second-order valence-corrected chi connectivity index (χ2v) is 9.60. The van der Waals surface area contributed by atoms with E-state index in [-0.39, 0.29) is 12.0 Å². The first-order chi connectivity index (χ1) is 15.2. The van der Waals surface area contributed by atoms with Crippen molar-refractivity contribution >= 4 is 34.8 Å². The molecule has 10 nitrogen and oxygen atoms in total. The molecule has 1 amide bonds. The normalized spacial score (nSPS) is 39.0. The van der Waals surface area contributed by atoms with E-state index in [1.54, 1.807) is 20.8 Å². The molecule has 4 N–H and O–H groups in total. The van der Waals surface area contributed by atoms with Crippen molar-refractivity contribution in [3.8, 4) is 0 Å². The number of aliphatic hydroxyl groups excluding tert-OH is 1. The Morgan fingerprint density at radius 2 is 1.70 bits per heavy atom. The van der Waals surface area contributed by atoms with Crippen LogP contribution in [0.15, 0.2) is 11.1 Å². The average molecular weight is 462 g/mol. The Bertz CT molecular complexity index is 998. The van der Waals surface area contributed by atoms with E-state index in [4.69, 9.17) is 5.73 Å². The van der Waals surface area contributed by atoms with E-state index in [1.165, 1.54) is 19.0 Å². The summed E-state index contributed by atoms with van der Waals surface area (Å²) in [5.41, 5.74) is 2.55. The van der Waals surface area contributed by atoms with Crippen LogP contribution in [-0.2, 0) is 28.8 Å². The highest BCUT2D eigenvalue weighted by Crippen LogP contribution is 2.52. The van der Waals surface area contributed by atoms with Gasteiger partial charge in [0.1, 0.15) is 0 Å². The smallest absolute Gasteiger partial charge is 0.235 e. The molecular formula is C23H30N2O8. The van der Waals surface area contributed by atoms with Gasteiger partial charge in [0.25, 0.3) is 0 Å². The molecule has 0 aromatic carbocycles. The lowest BCUT2D eigenvalue weighted by Gasteiger charge is -2.56. The lowest BCUT2D eigenvalue weighted by Crippen LogP contribution is -2.78. The number of carbonyl (C=O) groups excluding carboxylic acids is 6. The van der Waals surface area contributed by atoms with Crippen LogP contribution in [0, 0.1) is 29.6 Å². The fourth-order valence-electron chi connectivity index (χ4n) is 5.96. The molecule has 3 aliphatic carbocycles. The molecule has 0 bridgehead atoms. The zero-order chi connectivity index (χ0) is 25.2. The second kappa shape index (κ2) is 8.34. The third-order valence-corrected chi connectivity index (χ3v) is 7.62. The third kappa shape index (κ3) is 3.26. The van der Waals surface area contributed by atoms with E-state index in [9.17, 15) is 39.0 Å². The SMILES string of the molecule is CCCC(=O)C1=C(C)C(C)C2C(C1=O)C(=O)C1(O)C(=O)C(C(N)=O)C(=O)C(N(C)C)C1C2O. The van der Waals surface area contributed by atoms with Gasteiger partial charge in [-0.3, -0.25) is 33.7 Å². The number of nitrogens with zero attached hydrogens (tertiary/aromatic N) is 1. The number of Topliss-reactive ketones (excluding diaryl/α,β-unsaturated/α-hetero) is 5. The Balaban J connectivity index is 2.25. The van der Waals surface area contributed by atoms with Crippen LogP contribution in [0.3, 0.4) is 0 Å². The molecule has 33 heavy (non-hydrogen) atoms. The van der Waals surface area contributed by atoms with Crippen LogP contribution in [0.1, 0.15) is 33.6 Å². The van der Waals surface area contributed by atoms with E-state index in [1.807, 2.05) is 0 Å². The standard InChI is InChI=1S/C23H30N2O8/c1-6-7-10(26)11-8(2)9(3)12-13(17(11)27)20(30)23(33)15(18(12)28)16(25(4)5)19(29)14(21(23)31)22(24)32/h9,12-16,18,28,33H,6-7H2,1-5H3,(H2,24,32). The van der Waals surface area contributed by atoms with Crippen LogP contribution in [0.4, 0.5) is 0 Å². The van der Waals surface area contributed by atoms with Crippen molar-refractivity contribution in [1.29, 1.82) is 0 Å². The molecule has 2 saturated carbocycles. The van der Waals surface area contributed by atoms with Crippen LogP contribution < -0.4 is 5.73 Å². The number of rotatable bonds is 5. The van der Waals surface area contributed by atoms with Crippen LogP contribution in [0.25, 0.3) is 0 Å². The fraction of sp³-hybridized carbons (Fsp3) is 0.652. The molecule has 3 aliphatic rings. The molecule has 0 radical (unpaired) electrons. The number of allylic oxidation sites excluding steroid dienone is 2. The number of carbonyl (C=O) groups is 6. The zero-order valence-electron chi connectivity index (χ0n) is 19.3. The van der Waals surface area contributed by atoms with Crippen molar-refractivity contribution in [2.45, 2.75) is 51.4 Å². The van der Waals surface area contributed by atoms with Gasteiger partial charge in [-0.1, -0.05) is 19.4 Å². The molecule has 10 heteroatoms. The first-order valence-corrected chi connectivity index (χ1v) is 11.0. The van der Waals surface area contributed by atoms with Crippen molar-refractivity contribution < 1.29 is 39.0 Å². The van der Waals surface area contributed by atoms with Crippen LogP contribution in [0.5, 0.6) is 0 Å². The van der Waals surface area contributed by atoms with E-state index in [0.29, 0.717) is 12.0 Å². The van der Waals surface area contributed by atoms with E-state index < -0.39 is 82.2 Å². The van der Waals surface area contributed by atoms with Gasteiger partial charge in [-0.15, -0.1) is 0 Å². The largest absolute Gasteiger partial charge is 0.392 e. The Labute approximate surface area is 191 Å². The molecule has 0 aromatic heterocycles. The Morgan fingerprint density at radius 1 is 1.12 bits per heavy atom. The number of amides is 1. The third-order valence-electron chi connectivity index (χ3n) is 7.62. The molecule has 8 atom stereocenters. The summed E-state index contributed by atoms with van der Waals surface area (Å²) >= 11 is 0. The maximum atomic E-state index is 13.7. The predicted molar refractivity (Wildman–Crippen MR) is 113 cm³/mol. The number of primary amides is 1. The second-order valence-electron chi connectivity index (χ2n) is 9.60. The summed E-state index contributed by atoms with van der Waals surface area (Å²) in [6.45, 7) is 5.01. The lowest BCUT2D eigenvalue weighted by molar-refractivity contribution is -0.200. The fourth-order valence-corrected chi connectivity index (χ4v) is 5.96. The van der Waals surface area contributed by atoms with Crippen LogP contribution in [-0.4, -0.2) is 81.8 Å². The summed E-state index contributed by atoms with van der Waals surface area (Å²) in [6, 6.07) is -1.38. The van der Waals surface area contributed by atoms with Crippen molar-refractivity contribution in [2.24, 2.45) is 35.3 Å². The molecule has 0 saturated heterocycles. The first kappa shape index (κ1) is 25.1. The van der Waals surface area contributed by atoms with Gasteiger partial charge >= 0.3 is 0 Å². The summed E-state index contributed by atoms with van der Waals surface area (Å²) in [6.07, 6.45) is -1.07. The summed E-state index contributed by atoms with van der Waals surface area (Å²) < 4.78 is 0. The number of hydrogen-bond donors (Lipinski definition) is 3. The summed E-state index contributed by atoms with van der Waals surface area (Å²) in [4.78, 5) is 79.3. The highest BCUT2D eigenvalue weighted by molar-refractivity contribution is 6.34. The maximum absolute atomic E-state index is 13.7. The van der Waals surface area contributed by atoms with Crippen molar-refractivity contribution in [3.05, 3.63) is 11.1 Å². The number of likely N-dealkylation sites (N-methyl/N-ethyl adjacent to an activating group) is 1. The van der Waals surface area contributed by atoms with Gasteiger partial charge in [0.05, 0.1) is 29.6 Å². The van der Waals surface area contributed by atoms with Crippen LogP contribution >= 0.6 is 0 Å². The first-order valence-electron chi connectivity index (χ1n) is 11.0. The minimum Gasteiger partial charge on any atom is -0.392 e. The van der Waals surface area contributed by atoms with Crippen molar-refractivity contribution in [1.82, 2.24) is 4.90 Å². The number of hydrogen-bond acceptors (Lipinski definition) is 9. The van der Waals surface area contributed by atoms with Gasteiger partial charge in [-0.05, 0) is 33.4 Å². The zero-order valence-corrected chi connectivity index (χ0v) is 19.3. The summed E-state index contributed by atoms with van der Waals surface area (Å²) in [7, 11) is 2.89. The van der Waals surface area contributed by atoms with Gasteiger partial charge in [-0.25, -0.2) is 0 Å². The average Bonchev–Trinajstić information content (AvgIpc) is 2.71. The van der Waals surface area contributed by atoms with E-state index >= 15 is 0 Å². The van der Waals surface area contributed by atoms with Gasteiger partial charge in [0.15, 0.2) is 40.4 Å². The molecular weight excluding hydrogens is 432 g/mol. The van der Waals surface area contributed by atoms with Gasteiger partial charge in [0.2, 0.25) is 5.91 Å². The number of aliphatic hydroxyl groups is 2. The minimum atomic E-state index is -2.98. The number of nitrogens with two attached hydrogens (primary N) is 1. The van der Waals surface area contributed by atoms with E-state index in [2.05, 4.69) is 0 Å².